The first-order valence-electron chi connectivity index (χ1n) is 8.09. The highest BCUT2D eigenvalue weighted by Crippen LogP contribution is 2.28. The van der Waals surface area contributed by atoms with Gasteiger partial charge in [-0.05, 0) is 19.1 Å². The molecule has 2 aromatic carbocycles. The number of non-ortho nitro benzene ring substituents is 1. The molecule has 0 saturated carbocycles. The Morgan fingerprint density at radius 1 is 0.963 bits per heavy atom. The van der Waals surface area contributed by atoms with Crippen LogP contribution in [0.4, 0.5) is 17.2 Å². The monoisotopic (exact) mass is 366 g/mol. The lowest BCUT2D eigenvalue weighted by molar-refractivity contribution is -0.384. The molecule has 0 unspecified atom stereocenters. The number of hydrogen-bond acceptors (Lipinski definition) is 7. The van der Waals surface area contributed by atoms with Gasteiger partial charge in [-0.3, -0.25) is 10.1 Å². The van der Waals surface area contributed by atoms with Gasteiger partial charge in [0, 0.05) is 53.3 Å². The SMILES string of the molecule is COc1cc(Nc2cc(C)nc(-c3ccc([N+](=O)[O-])cc3)n2)cc(OC)c1. The Morgan fingerprint density at radius 2 is 1.59 bits per heavy atom. The first kappa shape index (κ1) is 18.1. The van der Waals surface area contributed by atoms with Crippen LogP contribution >= 0.6 is 0 Å². The van der Waals surface area contributed by atoms with E-state index in [1.165, 1.54) is 12.1 Å². The molecule has 0 aliphatic rings. The van der Waals surface area contributed by atoms with Gasteiger partial charge < -0.3 is 14.8 Å². The Labute approximate surface area is 156 Å². The summed E-state index contributed by atoms with van der Waals surface area (Å²) < 4.78 is 10.5. The summed E-state index contributed by atoms with van der Waals surface area (Å²) in [5.74, 6) is 2.37. The summed E-state index contributed by atoms with van der Waals surface area (Å²) in [5.41, 5.74) is 2.22. The van der Waals surface area contributed by atoms with Crippen molar-refractivity contribution in [2.24, 2.45) is 0 Å². The highest BCUT2D eigenvalue weighted by Gasteiger charge is 2.10. The molecule has 8 heteroatoms. The van der Waals surface area contributed by atoms with Crippen molar-refractivity contribution < 1.29 is 14.4 Å². The largest absolute Gasteiger partial charge is 0.497 e. The normalized spacial score (nSPS) is 10.3. The maximum atomic E-state index is 10.8. The van der Waals surface area contributed by atoms with Gasteiger partial charge in [0.15, 0.2) is 5.82 Å². The summed E-state index contributed by atoms with van der Waals surface area (Å²) in [7, 11) is 3.17. The minimum absolute atomic E-state index is 0.0215. The van der Waals surface area contributed by atoms with Crippen molar-refractivity contribution in [1.82, 2.24) is 9.97 Å². The van der Waals surface area contributed by atoms with Gasteiger partial charge >= 0.3 is 0 Å². The van der Waals surface area contributed by atoms with Gasteiger partial charge in [0.2, 0.25) is 0 Å². The Kier molecular flexibility index (Phi) is 5.16. The highest BCUT2D eigenvalue weighted by atomic mass is 16.6. The summed E-state index contributed by atoms with van der Waals surface area (Å²) >= 11 is 0. The number of hydrogen-bond donors (Lipinski definition) is 1. The predicted molar refractivity (Wildman–Crippen MR) is 102 cm³/mol. The third-order valence-corrected chi connectivity index (χ3v) is 3.81. The van der Waals surface area contributed by atoms with Crippen LogP contribution in [0, 0.1) is 17.0 Å². The van der Waals surface area contributed by atoms with Crippen molar-refractivity contribution >= 4 is 17.2 Å². The van der Waals surface area contributed by atoms with E-state index < -0.39 is 4.92 Å². The molecule has 0 spiro atoms. The average Bonchev–Trinajstić information content (AvgIpc) is 2.67. The molecule has 0 atom stereocenters. The van der Waals surface area contributed by atoms with E-state index in [0.717, 1.165) is 11.4 Å². The number of anilines is 2. The van der Waals surface area contributed by atoms with Crippen molar-refractivity contribution in [2.75, 3.05) is 19.5 Å². The van der Waals surface area contributed by atoms with Crippen LogP contribution in [0.15, 0.2) is 48.5 Å². The lowest BCUT2D eigenvalue weighted by atomic mass is 10.2. The van der Waals surface area contributed by atoms with Gasteiger partial charge in [-0.2, -0.15) is 0 Å². The van der Waals surface area contributed by atoms with E-state index >= 15 is 0 Å². The molecule has 138 valence electrons. The second kappa shape index (κ2) is 7.69. The molecule has 1 N–H and O–H groups in total. The zero-order valence-corrected chi connectivity index (χ0v) is 15.1. The van der Waals surface area contributed by atoms with Crippen molar-refractivity contribution in [3.8, 4) is 22.9 Å². The van der Waals surface area contributed by atoms with E-state index in [0.29, 0.717) is 28.7 Å². The zero-order valence-electron chi connectivity index (χ0n) is 15.1. The molecule has 0 bridgehead atoms. The maximum absolute atomic E-state index is 10.8. The molecular formula is C19H18N4O4. The number of nitrogens with one attached hydrogen (secondary N) is 1. The zero-order chi connectivity index (χ0) is 19.4. The number of rotatable bonds is 6. The molecule has 0 amide bonds. The van der Waals surface area contributed by atoms with Crippen molar-refractivity contribution in [2.45, 2.75) is 6.92 Å². The predicted octanol–water partition coefficient (Wildman–Crippen LogP) is 4.12. The number of nitro groups is 1. The van der Waals surface area contributed by atoms with Crippen molar-refractivity contribution in [3.63, 3.8) is 0 Å². The minimum atomic E-state index is -0.440. The van der Waals surface area contributed by atoms with Crippen LogP contribution in [0.25, 0.3) is 11.4 Å². The third kappa shape index (κ3) is 4.30. The molecule has 0 fully saturated rings. The van der Waals surface area contributed by atoms with E-state index in [2.05, 4.69) is 15.3 Å². The Hall–Kier alpha value is -3.68. The van der Waals surface area contributed by atoms with E-state index in [9.17, 15) is 10.1 Å². The Bertz CT molecular complexity index is 952. The second-order valence-electron chi connectivity index (χ2n) is 5.75. The fourth-order valence-corrected chi connectivity index (χ4v) is 2.52. The lowest BCUT2D eigenvalue weighted by Crippen LogP contribution is -2.00. The maximum Gasteiger partial charge on any atom is 0.269 e. The molecule has 0 saturated heterocycles. The van der Waals surface area contributed by atoms with Gasteiger partial charge in [0.1, 0.15) is 17.3 Å². The van der Waals surface area contributed by atoms with Crippen LogP contribution in [0.1, 0.15) is 5.69 Å². The number of ether oxygens (including phenoxy) is 2. The quantitative estimate of drug-likeness (QED) is 0.517. The third-order valence-electron chi connectivity index (χ3n) is 3.81. The number of methoxy groups -OCH3 is 2. The smallest absolute Gasteiger partial charge is 0.269 e. The summed E-state index contributed by atoms with van der Waals surface area (Å²) in [6.07, 6.45) is 0. The lowest BCUT2D eigenvalue weighted by Gasteiger charge is -2.11. The van der Waals surface area contributed by atoms with Crippen LogP contribution in [0.2, 0.25) is 0 Å². The van der Waals surface area contributed by atoms with Gasteiger partial charge in [-0.15, -0.1) is 0 Å². The molecule has 3 aromatic rings. The first-order chi connectivity index (χ1) is 13.0. The molecule has 1 aromatic heterocycles. The standard InChI is InChI=1S/C19H18N4O4/c1-12-8-18(21-14-9-16(26-2)11-17(10-14)27-3)22-19(20-12)13-4-6-15(7-5-13)23(24)25/h4-11H,1-3H3,(H,20,21,22). The number of aryl methyl sites for hydroxylation is 1. The van der Waals surface area contributed by atoms with Crippen molar-refractivity contribution in [1.29, 1.82) is 0 Å². The van der Waals surface area contributed by atoms with E-state index in [4.69, 9.17) is 9.47 Å². The molecule has 0 radical (unpaired) electrons. The summed E-state index contributed by atoms with van der Waals surface area (Å²) in [5, 5.41) is 14.0. The van der Waals surface area contributed by atoms with Gasteiger partial charge in [-0.1, -0.05) is 0 Å². The molecule has 1 heterocycles. The Morgan fingerprint density at radius 3 is 2.15 bits per heavy atom. The Balaban J connectivity index is 1.93. The topological polar surface area (TPSA) is 99.4 Å². The molecule has 0 aliphatic heterocycles. The van der Waals surface area contributed by atoms with E-state index in [-0.39, 0.29) is 5.69 Å². The second-order valence-corrected chi connectivity index (χ2v) is 5.75. The number of nitrogens with zero attached hydrogens (tertiary/aromatic N) is 3. The number of benzene rings is 2. The van der Waals surface area contributed by atoms with Crippen molar-refractivity contribution in [3.05, 3.63) is 64.3 Å². The van der Waals surface area contributed by atoms with Gasteiger partial charge in [0.05, 0.1) is 19.1 Å². The average molecular weight is 366 g/mol. The number of aromatic nitrogens is 2. The molecule has 8 nitrogen and oxygen atoms in total. The molecular weight excluding hydrogens is 348 g/mol. The van der Waals surface area contributed by atoms with Gasteiger partial charge in [-0.25, -0.2) is 9.97 Å². The summed E-state index contributed by atoms with van der Waals surface area (Å²) in [4.78, 5) is 19.3. The molecule has 3 rings (SSSR count). The molecule has 0 aliphatic carbocycles. The number of nitro benzene ring substituents is 1. The van der Waals surface area contributed by atoms with E-state index in [1.807, 2.05) is 19.1 Å². The fourth-order valence-electron chi connectivity index (χ4n) is 2.52. The van der Waals surface area contributed by atoms with Gasteiger partial charge in [0.25, 0.3) is 5.69 Å². The molecule has 27 heavy (non-hydrogen) atoms. The fraction of sp³-hybridized carbons (Fsp3) is 0.158. The minimum Gasteiger partial charge on any atom is -0.497 e. The highest BCUT2D eigenvalue weighted by molar-refractivity contribution is 5.64. The van der Waals surface area contributed by atoms with Crippen LogP contribution in [0.5, 0.6) is 11.5 Å². The summed E-state index contributed by atoms with van der Waals surface area (Å²) in [6, 6.07) is 13.4. The van der Waals surface area contributed by atoms with Crippen LogP contribution in [-0.4, -0.2) is 29.1 Å². The van der Waals surface area contributed by atoms with Crippen LogP contribution < -0.4 is 14.8 Å². The summed E-state index contributed by atoms with van der Waals surface area (Å²) in [6.45, 7) is 1.86. The first-order valence-corrected chi connectivity index (χ1v) is 8.09. The van der Waals surface area contributed by atoms with E-state index in [1.54, 1.807) is 38.5 Å². The van der Waals surface area contributed by atoms with Crippen LogP contribution in [-0.2, 0) is 0 Å². The van der Waals surface area contributed by atoms with Crippen LogP contribution in [0.3, 0.4) is 0 Å².